The van der Waals surface area contributed by atoms with Gasteiger partial charge in [-0.05, 0) is 43.5 Å². The molecular formula is C23H29N5O7. The molecule has 12 heteroatoms. The summed E-state index contributed by atoms with van der Waals surface area (Å²) in [4.78, 5) is 76.0. The maximum absolute atomic E-state index is 13.5. The molecule has 3 rings (SSSR count). The van der Waals surface area contributed by atoms with Gasteiger partial charge in [-0.2, -0.15) is 0 Å². The van der Waals surface area contributed by atoms with Crippen LogP contribution in [-0.2, 0) is 24.0 Å². The summed E-state index contributed by atoms with van der Waals surface area (Å²) < 4.78 is 0. The lowest BCUT2D eigenvalue weighted by Gasteiger charge is -2.43. The van der Waals surface area contributed by atoms with E-state index in [0.717, 1.165) is 10.7 Å². The molecule has 0 unspecified atom stereocenters. The van der Waals surface area contributed by atoms with Gasteiger partial charge in [0, 0.05) is 38.3 Å². The van der Waals surface area contributed by atoms with Crippen LogP contribution in [0.25, 0.3) is 0 Å². The van der Waals surface area contributed by atoms with Crippen molar-refractivity contribution in [3.8, 4) is 0 Å². The smallest absolute Gasteiger partial charge is 0.305 e. The molecule has 3 atom stereocenters. The van der Waals surface area contributed by atoms with Crippen LogP contribution in [0.5, 0.6) is 0 Å². The highest BCUT2D eigenvalue weighted by Crippen LogP contribution is 2.25. The van der Waals surface area contributed by atoms with Crippen LogP contribution < -0.4 is 15.5 Å². The molecule has 0 saturated carbocycles. The Hall–Kier alpha value is -3.96. The first kappa shape index (κ1) is 25.7. The number of carbonyl (C=O) groups is 6. The van der Waals surface area contributed by atoms with E-state index in [-0.39, 0.29) is 31.7 Å². The number of hydrazine groups is 1. The number of aliphatic carboxylic acids is 1. The Balaban J connectivity index is 1.79. The summed E-state index contributed by atoms with van der Waals surface area (Å²) >= 11 is 0. The first-order valence-electron chi connectivity index (χ1n) is 11.3. The van der Waals surface area contributed by atoms with Crippen molar-refractivity contribution in [1.82, 2.24) is 20.7 Å². The summed E-state index contributed by atoms with van der Waals surface area (Å²) in [5.74, 6) is -3.47. The van der Waals surface area contributed by atoms with Gasteiger partial charge in [-0.1, -0.05) is 0 Å². The number of carbonyl (C=O) groups excluding carboxylic acids is 5. The molecule has 12 nitrogen and oxygen atoms in total. The number of hydrogen-bond donors (Lipinski definition) is 3. The van der Waals surface area contributed by atoms with Crippen molar-refractivity contribution in [2.24, 2.45) is 0 Å². The number of aldehydes is 1. The molecule has 0 aromatic heterocycles. The highest BCUT2D eigenvalue weighted by Gasteiger charge is 2.44. The van der Waals surface area contributed by atoms with Crippen LogP contribution in [0.2, 0.25) is 0 Å². The lowest BCUT2D eigenvalue weighted by atomic mass is 10.0. The van der Waals surface area contributed by atoms with E-state index in [0.29, 0.717) is 18.3 Å². The van der Waals surface area contributed by atoms with E-state index < -0.39 is 48.2 Å². The van der Waals surface area contributed by atoms with Crippen LogP contribution in [0.1, 0.15) is 42.5 Å². The Morgan fingerprint density at radius 1 is 1.17 bits per heavy atom. The molecule has 2 aliphatic rings. The molecule has 2 aliphatic heterocycles. The molecule has 2 heterocycles. The minimum atomic E-state index is -1.27. The Labute approximate surface area is 202 Å². The summed E-state index contributed by atoms with van der Waals surface area (Å²) in [6.07, 6.45) is 0.421. The third-order valence-electron chi connectivity index (χ3n) is 6.00. The molecule has 1 aromatic carbocycles. The summed E-state index contributed by atoms with van der Waals surface area (Å²) in [6.45, 7) is 0.229. The summed E-state index contributed by atoms with van der Waals surface area (Å²) in [5.41, 5.74) is 1.23. The second-order valence-electron chi connectivity index (χ2n) is 8.71. The average molecular weight is 488 g/mol. The first-order chi connectivity index (χ1) is 16.6. The number of benzene rings is 1. The lowest BCUT2D eigenvalue weighted by Crippen LogP contribution is -2.64. The number of hydrogen-bond acceptors (Lipinski definition) is 7. The Bertz CT molecular complexity index is 1010. The molecule has 0 radical (unpaired) electrons. The molecule has 4 amide bonds. The highest BCUT2D eigenvalue weighted by molar-refractivity contribution is 6.00. The minimum absolute atomic E-state index is 0.00291. The molecule has 1 aromatic rings. The van der Waals surface area contributed by atoms with Gasteiger partial charge in [0.2, 0.25) is 11.8 Å². The Kier molecular flexibility index (Phi) is 8.05. The molecule has 2 fully saturated rings. The Morgan fingerprint density at radius 2 is 1.86 bits per heavy atom. The molecule has 0 spiro atoms. The van der Waals surface area contributed by atoms with E-state index in [4.69, 9.17) is 5.11 Å². The average Bonchev–Trinajstić information content (AvgIpc) is 2.95. The van der Waals surface area contributed by atoms with Crippen molar-refractivity contribution in [3.05, 3.63) is 29.8 Å². The van der Waals surface area contributed by atoms with Crippen molar-refractivity contribution >= 4 is 41.6 Å². The number of nitrogens with zero attached hydrogens (tertiary/aromatic N) is 3. The fourth-order valence-corrected chi connectivity index (χ4v) is 4.16. The normalized spacial score (nSPS) is 20.9. The number of carboxylic acids is 1. The van der Waals surface area contributed by atoms with Crippen LogP contribution in [0, 0.1) is 0 Å². The predicted octanol–water partition coefficient (Wildman–Crippen LogP) is -0.462. The number of carboxylic acid groups (broad SMARTS) is 1. The molecule has 35 heavy (non-hydrogen) atoms. The maximum Gasteiger partial charge on any atom is 0.305 e. The van der Waals surface area contributed by atoms with Crippen LogP contribution in [0.15, 0.2) is 24.3 Å². The minimum Gasteiger partial charge on any atom is -0.481 e. The second-order valence-corrected chi connectivity index (χ2v) is 8.71. The first-order valence-corrected chi connectivity index (χ1v) is 11.3. The molecule has 188 valence electrons. The third-order valence-corrected chi connectivity index (χ3v) is 6.00. The highest BCUT2D eigenvalue weighted by atomic mass is 16.4. The molecule has 0 aliphatic carbocycles. The lowest BCUT2D eigenvalue weighted by molar-refractivity contribution is -0.176. The zero-order valence-electron chi connectivity index (χ0n) is 19.6. The van der Waals surface area contributed by atoms with Crippen LogP contribution >= 0.6 is 0 Å². The van der Waals surface area contributed by atoms with E-state index >= 15 is 0 Å². The fraction of sp³-hybridized carbons (Fsp3) is 0.478. The number of anilines is 1. The largest absolute Gasteiger partial charge is 0.481 e. The molecule has 2 saturated heterocycles. The summed E-state index contributed by atoms with van der Waals surface area (Å²) in [7, 11) is 3.73. The van der Waals surface area contributed by atoms with Gasteiger partial charge in [-0.15, -0.1) is 0 Å². The number of fused-ring (bicyclic) bond motifs is 1. The standard InChI is InChI=1S/C23H29N5O7/c1-26(2)16-7-5-14(6-8-16)21(33)25-17-9-10-19(30)27-11-3-4-18(28(27)23(17)35)22(34)24-15(13-29)12-20(31)32/h5-8,13,15,17-18H,3-4,9-12H2,1-2H3,(H,24,34)(H,25,33)(H,31,32)/t15-,17-,18-/m0/s1. The molecular weight excluding hydrogens is 458 g/mol. The van der Waals surface area contributed by atoms with E-state index in [1.165, 1.54) is 5.01 Å². The van der Waals surface area contributed by atoms with E-state index in [1.54, 1.807) is 24.3 Å². The van der Waals surface area contributed by atoms with Gasteiger partial charge in [0.05, 0.1) is 12.5 Å². The van der Waals surface area contributed by atoms with Crippen LogP contribution in [-0.4, -0.2) is 89.8 Å². The SMILES string of the molecule is CN(C)c1ccc(C(=O)N[C@H]2CCC(=O)N3CCC[C@@H](C(=O)N[C@H](C=O)CC(=O)O)N3C2=O)cc1. The number of nitrogens with one attached hydrogen (secondary N) is 2. The van der Waals surface area contributed by atoms with Crippen molar-refractivity contribution in [2.45, 2.75) is 50.2 Å². The number of amides is 4. The van der Waals surface area contributed by atoms with Gasteiger partial charge in [0.25, 0.3) is 11.8 Å². The summed E-state index contributed by atoms with van der Waals surface area (Å²) in [5, 5.41) is 16.2. The maximum atomic E-state index is 13.5. The van der Waals surface area contributed by atoms with Gasteiger partial charge >= 0.3 is 5.97 Å². The van der Waals surface area contributed by atoms with Crippen molar-refractivity contribution in [2.75, 3.05) is 25.5 Å². The summed E-state index contributed by atoms with van der Waals surface area (Å²) in [6, 6.07) is 3.35. The van der Waals surface area contributed by atoms with E-state index in [1.807, 2.05) is 19.0 Å². The van der Waals surface area contributed by atoms with E-state index in [2.05, 4.69) is 10.6 Å². The number of rotatable bonds is 8. The zero-order valence-corrected chi connectivity index (χ0v) is 19.6. The molecule has 3 N–H and O–H groups in total. The van der Waals surface area contributed by atoms with Crippen molar-refractivity contribution < 1.29 is 33.9 Å². The van der Waals surface area contributed by atoms with Crippen LogP contribution in [0.3, 0.4) is 0 Å². The Morgan fingerprint density at radius 3 is 2.46 bits per heavy atom. The van der Waals surface area contributed by atoms with Gasteiger partial charge in [0.1, 0.15) is 18.4 Å². The van der Waals surface area contributed by atoms with Crippen molar-refractivity contribution in [1.29, 1.82) is 0 Å². The second kappa shape index (κ2) is 11.0. The molecule has 0 bridgehead atoms. The van der Waals surface area contributed by atoms with Crippen molar-refractivity contribution in [3.63, 3.8) is 0 Å². The topological polar surface area (TPSA) is 156 Å². The quantitative estimate of drug-likeness (QED) is 0.416. The predicted molar refractivity (Wildman–Crippen MR) is 123 cm³/mol. The monoisotopic (exact) mass is 487 g/mol. The van der Waals surface area contributed by atoms with Gasteiger partial charge in [-0.3, -0.25) is 29.0 Å². The van der Waals surface area contributed by atoms with Gasteiger partial charge in [0.15, 0.2) is 0 Å². The van der Waals surface area contributed by atoms with Gasteiger partial charge in [-0.25, -0.2) is 5.01 Å². The van der Waals surface area contributed by atoms with Crippen LogP contribution in [0.4, 0.5) is 5.69 Å². The van der Waals surface area contributed by atoms with Gasteiger partial charge < -0.3 is 25.4 Å². The fourth-order valence-electron chi connectivity index (χ4n) is 4.16. The zero-order chi connectivity index (χ0) is 25.7. The van der Waals surface area contributed by atoms with E-state index in [9.17, 15) is 28.8 Å². The third kappa shape index (κ3) is 5.94.